The number of halogens is 1. The highest BCUT2D eigenvalue weighted by molar-refractivity contribution is 7.89. The van der Waals surface area contributed by atoms with Crippen LogP contribution in [-0.2, 0) is 23.1 Å². The molecule has 0 radical (unpaired) electrons. The van der Waals surface area contributed by atoms with Crippen LogP contribution in [0.2, 0.25) is 0 Å². The van der Waals surface area contributed by atoms with Gasteiger partial charge in [0.05, 0.1) is 17.1 Å². The molecule has 0 fully saturated rings. The second-order valence-electron chi connectivity index (χ2n) is 4.55. The van der Waals surface area contributed by atoms with Crippen molar-refractivity contribution in [1.82, 2.24) is 9.71 Å². The van der Waals surface area contributed by atoms with E-state index in [-0.39, 0.29) is 18.0 Å². The molecule has 112 valence electrons. The summed E-state index contributed by atoms with van der Waals surface area (Å²) in [6, 6.07) is 7.13. The quantitative estimate of drug-likeness (QED) is 0.876. The largest absolute Gasteiger partial charge is 0.326 e. The van der Waals surface area contributed by atoms with Gasteiger partial charge in [-0.25, -0.2) is 17.5 Å². The van der Waals surface area contributed by atoms with Gasteiger partial charge in [-0.15, -0.1) is 0 Å². The molecule has 2 aromatic rings. The van der Waals surface area contributed by atoms with Gasteiger partial charge < -0.3 is 5.73 Å². The molecule has 1 aromatic heterocycles. The second-order valence-corrected chi connectivity index (χ2v) is 6.28. The van der Waals surface area contributed by atoms with Crippen molar-refractivity contribution >= 4 is 10.0 Å². The Bertz CT molecular complexity index is 748. The van der Waals surface area contributed by atoms with Gasteiger partial charge in [-0.2, -0.15) is 0 Å². The zero-order valence-electron chi connectivity index (χ0n) is 11.5. The minimum absolute atomic E-state index is 0.0130. The fraction of sp³-hybridized carbons (Fsp3) is 0.214. The Balaban J connectivity index is 2.27. The van der Waals surface area contributed by atoms with Crippen molar-refractivity contribution in [3.05, 3.63) is 59.2 Å². The highest BCUT2D eigenvalue weighted by atomic mass is 32.2. The molecule has 0 aliphatic carbocycles. The Morgan fingerprint density at radius 3 is 2.76 bits per heavy atom. The van der Waals surface area contributed by atoms with Crippen LogP contribution in [-0.4, -0.2) is 13.4 Å². The van der Waals surface area contributed by atoms with Gasteiger partial charge in [-0.3, -0.25) is 4.98 Å². The van der Waals surface area contributed by atoms with Crippen molar-refractivity contribution in [3.63, 3.8) is 0 Å². The van der Waals surface area contributed by atoms with Gasteiger partial charge in [0.1, 0.15) is 5.82 Å². The van der Waals surface area contributed by atoms with E-state index in [1.165, 1.54) is 12.1 Å². The smallest absolute Gasteiger partial charge is 0.241 e. The minimum atomic E-state index is -3.85. The lowest BCUT2D eigenvalue weighted by molar-refractivity contribution is 0.574. The van der Waals surface area contributed by atoms with Crippen LogP contribution in [0.25, 0.3) is 0 Å². The summed E-state index contributed by atoms with van der Waals surface area (Å²) in [6.07, 6.45) is 1.59. The Hall–Kier alpha value is -1.83. The van der Waals surface area contributed by atoms with Gasteiger partial charge in [0.15, 0.2) is 0 Å². The topological polar surface area (TPSA) is 85.1 Å². The average molecular weight is 309 g/mol. The van der Waals surface area contributed by atoms with E-state index in [0.29, 0.717) is 11.3 Å². The predicted molar refractivity (Wildman–Crippen MR) is 77.3 cm³/mol. The predicted octanol–water partition coefficient (Wildman–Crippen LogP) is 1.47. The lowest BCUT2D eigenvalue weighted by atomic mass is 10.2. The van der Waals surface area contributed by atoms with E-state index in [1.54, 1.807) is 12.3 Å². The molecule has 1 heterocycles. The Labute approximate surface area is 123 Å². The molecule has 7 heteroatoms. The maximum atomic E-state index is 13.3. The molecule has 0 amide bonds. The summed E-state index contributed by atoms with van der Waals surface area (Å²) in [5.74, 6) is -0.624. The number of rotatable bonds is 5. The Morgan fingerprint density at radius 2 is 2.10 bits per heavy atom. The van der Waals surface area contributed by atoms with E-state index in [0.717, 1.165) is 11.6 Å². The fourth-order valence-electron chi connectivity index (χ4n) is 1.89. The number of nitrogens with zero attached hydrogens (tertiary/aromatic N) is 1. The van der Waals surface area contributed by atoms with Crippen LogP contribution in [0.3, 0.4) is 0 Å². The highest BCUT2D eigenvalue weighted by Gasteiger charge is 2.19. The maximum absolute atomic E-state index is 13.3. The number of sulfonamides is 1. The molecule has 21 heavy (non-hydrogen) atoms. The minimum Gasteiger partial charge on any atom is -0.326 e. The SMILES string of the molecule is Cc1cccnc1CNS(=O)(=O)c1cc(F)ccc1CN. The van der Waals surface area contributed by atoms with Crippen molar-refractivity contribution in [2.24, 2.45) is 5.73 Å². The van der Waals surface area contributed by atoms with E-state index < -0.39 is 15.8 Å². The zero-order chi connectivity index (χ0) is 15.5. The third-order valence-electron chi connectivity index (χ3n) is 3.09. The Morgan fingerprint density at radius 1 is 1.33 bits per heavy atom. The third-order valence-corrected chi connectivity index (χ3v) is 4.57. The first kappa shape index (κ1) is 15.6. The number of aryl methyl sites for hydroxylation is 1. The van der Waals surface area contributed by atoms with Crippen LogP contribution in [0.4, 0.5) is 4.39 Å². The summed E-state index contributed by atoms with van der Waals surface area (Å²) in [7, 11) is -3.85. The molecule has 0 bridgehead atoms. The van der Waals surface area contributed by atoms with E-state index in [1.807, 2.05) is 13.0 Å². The maximum Gasteiger partial charge on any atom is 0.241 e. The molecular weight excluding hydrogens is 293 g/mol. The number of nitrogens with two attached hydrogens (primary N) is 1. The molecule has 0 aliphatic heterocycles. The monoisotopic (exact) mass is 309 g/mol. The average Bonchev–Trinajstić information content (AvgIpc) is 2.46. The number of benzene rings is 1. The third kappa shape index (κ3) is 3.63. The van der Waals surface area contributed by atoms with Crippen LogP contribution >= 0.6 is 0 Å². The number of hydrogen-bond acceptors (Lipinski definition) is 4. The van der Waals surface area contributed by atoms with Crippen molar-refractivity contribution in [3.8, 4) is 0 Å². The van der Waals surface area contributed by atoms with E-state index in [4.69, 9.17) is 5.73 Å². The molecule has 3 N–H and O–H groups in total. The van der Waals surface area contributed by atoms with Crippen LogP contribution < -0.4 is 10.5 Å². The second kappa shape index (κ2) is 6.30. The van der Waals surface area contributed by atoms with Crippen LogP contribution in [0.1, 0.15) is 16.8 Å². The van der Waals surface area contributed by atoms with Crippen LogP contribution in [0, 0.1) is 12.7 Å². The van der Waals surface area contributed by atoms with Gasteiger partial charge in [-0.05, 0) is 36.2 Å². The number of nitrogens with one attached hydrogen (secondary N) is 1. The molecule has 2 rings (SSSR count). The molecule has 0 spiro atoms. The van der Waals surface area contributed by atoms with Crippen molar-refractivity contribution in [2.45, 2.75) is 24.9 Å². The first-order valence-corrected chi connectivity index (χ1v) is 7.81. The number of aromatic nitrogens is 1. The standard InChI is InChI=1S/C14H16FN3O2S/c1-10-3-2-6-17-13(10)9-18-21(19,20)14-7-12(15)5-4-11(14)8-16/h2-7,18H,8-9,16H2,1H3. The highest BCUT2D eigenvalue weighted by Crippen LogP contribution is 2.17. The molecule has 0 atom stereocenters. The normalized spacial score (nSPS) is 11.6. The molecule has 0 saturated carbocycles. The van der Waals surface area contributed by atoms with Crippen LogP contribution in [0.15, 0.2) is 41.4 Å². The summed E-state index contributed by atoms with van der Waals surface area (Å²) in [5.41, 5.74) is 7.36. The molecule has 1 aromatic carbocycles. The summed E-state index contributed by atoms with van der Waals surface area (Å²) < 4.78 is 40.3. The first-order valence-electron chi connectivity index (χ1n) is 6.32. The van der Waals surface area contributed by atoms with Gasteiger partial charge in [0.25, 0.3) is 0 Å². The lowest BCUT2D eigenvalue weighted by Gasteiger charge is -2.11. The lowest BCUT2D eigenvalue weighted by Crippen LogP contribution is -2.25. The summed E-state index contributed by atoms with van der Waals surface area (Å²) in [6.45, 7) is 1.89. The van der Waals surface area contributed by atoms with Crippen molar-refractivity contribution < 1.29 is 12.8 Å². The molecule has 0 saturated heterocycles. The van der Waals surface area contributed by atoms with E-state index in [9.17, 15) is 12.8 Å². The molecule has 0 unspecified atom stereocenters. The first-order chi connectivity index (χ1) is 9.94. The number of pyridine rings is 1. The van der Waals surface area contributed by atoms with E-state index in [2.05, 4.69) is 9.71 Å². The molecular formula is C14H16FN3O2S. The Kier molecular flexibility index (Phi) is 4.66. The van der Waals surface area contributed by atoms with Crippen molar-refractivity contribution in [1.29, 1.82) is 0 Å². The summed E-state index contributed by atoms with van der Waals surface area (Å²) in [5, 5.41) is 0. The van der Waals surface area contributed by atoms with Gasteiger partial charge in [0.2, 0.25) is 10.0 Å². The van der Waals surface area contributed by atoms with Gasteiger partial charge in [-0.1, -0.05) is 12.1 Å². The summed E-state index contributed by atoms with van der Waals surface area (Å²) >= 11 is 0. The fourth-order valence-corrected chi connectivity index (χ4v) is 3.14. The molecule has 0 aliphatic rings. The van der Waals surface area contributed by atoms with Gasteiger partial charge >= 0.3 is 0 Å². The van der Waals surface area contributed by atoms with E-state index >= 15 is 0 Å². The molecule has 5 nitrogen and oxygen atoms in total. The summed E-state index contributed by atoms with van der Waals surface area (Å²) in [4.78, 5) is 3.97. The van der Waals surface area contributed by atoms with Gasteiger partial charge in [0, 0.05) is 12.7 Å². The number of hydrogen-bond donors (Lipinski definition) is 2. The zero-order valence-corrected chi connectivity index (χ0v) is 12.3. The van der Waals surface area contributed by atoms with Crippen molar-refractivity contribution in [2.75, 3.05) is 0 Å². The van der Waals surface area contributed by atoms with Crippen LogP contribution in [0.5, 0.6) is 0 Å².